The Balaban J connectivity index is 0.804. The molecule has 740 valence electrons. The number of aliphatic hydroxyl groups is 23. The maximum absolute atomic E-state index is 13.6. The van der Waals surface area contributed by atoms with Gasteiger partial charge in [0, 0.05) is 64.8 Å². The van der Waals surface area contributed by atoms with Crippen molar-refractivity contribution in [2.45, 2.75) is 325 Å². The summed E-state index contributed by atoms with van der Waals surface area (Å²) in [5.41, 5.74) is 0. The van der Waals surface area contributed by atoms with Crippen molar-refractivity contribution >= 4 is 41.3 Å². The lowest BCUT2D eigenvalue weighted by molar-refractivity contribution is -0.366. The number of imide groups is 1. The van der Waals surface area contributed by atoms with Crippen LogP contribution in [0.25, 0.3) is 0 Å². The molecular formula is C77H132N6O45. The number of ether oxygens (including phenoxy) is 14. The highest BCUT2D eigenvalue weighted by Gasteiger charge is 2.56. The fourth-order valence-corrected chi connectivity index (χ4v) is 15.3. The molecule has 0 bridgehead atoms. The maximum atomic E-state index is 13.6. The number of Topliss-reactive ketones (excluding diaryl/α,β-unsaturated/α-hetero) is 1. The second-order valence-electron chi connectivity index (χ2n) is 32.8. The fraction of sp³-hybridized carbons (Fsp3) is 0.909. The Morgan fingerprint density at radius 3 is 1.07 bits per heavy atom. The molecule has 8 rings (SSSR count). The molecule has 0 aromatic rings. The van der Waals surface area contributed by atoms with Gasteiger partial charge in [-0.3, -0.25) is 38.6 Å². The van der Waals surface area contributed by atoms with E-state index in [9.17, 15) is 151 Å². The highest BCUT2D eigenvalue weighted by molar-refractivity contribution is 6.01. The Hall–Kier alpha value is -4.87. The third-order valence-corrected chi connectivity index (χ3v) is 23.0. The Morgan fingerprint density at radius 1 is 0.336 bits per heavy atom. The largest absolute Gasteiger partial charge is 0.394 e. The number of hydroxylamine groups is 2. The lowest BCUT2D eigenvalue weighted by Gasteiger charge is -2.46. The van der Waals surface area contributed by atoms with Crippen LogP contribution < -0.4 is 16.0 Å². The van der Waals surface area contributed by atoms with Crippen LogP contribution in [0.3, 0.4) is 0 Å². The van der Waals surface area contributed by atoms with Gasteiger partial charge in [0.05, 0.1) is 85.2 Å². The molecule has 8 fully saturated rings. The van der Waals surface area contributed by atoms with E-state index in [4.69, 9.17) is 71.2 Å². The summed E-state index contributed by atoms with van der Waals surface area (Å²) in [4.78, 5) is 97.6. The molecule has 8 aliphatic heterocycles. The van der Waals surface area contributed by atoms with Gasteiger partial charge in [0.1, 0.15) is 171 Å². The van der Waals surface area contributed by atoms with Crippen LogP contribution in [-0.4, -0.2) is 507 Å². The average molecular weight is 1860 g/mol. The van der Waals surface area contributed by atoms with Crippen molar-refractivity contribution in [3.8, 4) is 0 Å². The van der Waals surface area contributed by atoms with Crippen LogP contribution in [0.4, 0.5) is 0 Å². The van der Waals surface area contributed by atoms with Crippen LogP contribution in [0.2, 0.25) is 0 Å². The van der Waals surface area contributed by atoms with Gasteiger partial charge < -0.3 is 205 Å². The number of rotatable bonds is 53. The van der Waals surface area contributed by atoms with E-state index >= 15 is 0 Å². The molecule has 0 unspecified atom stereocenters. The maximum Gasteiger partial charge on any atom is 0.333 e. The number of unbranched alkanes of at least 4 members (excludes halogenated alkanes) is 7. The molecule has 0 saturated carbocycles. The number of hydrogen-bond donors (Lipinski definition) is 26. The molecule has 0 spiro atoms. The lowest BCUT2D eigenvalue weighted by Crippen LogP contribution is -2.65. The van der Waals surface area contributed by atoms with Crippen LogP contribution in [0, 0.1) is 0 Å². The first-order chi connectivity index (χ1) is 61.0. The van der Waals surface area contributed by atoms with Gasteiger partial charge in [-0.05, 0) is 58.4 Å². The lowest BCUT2D eigenvalue weighted by atomic mass is 9.96. The third kappa shape index (κ3) is 31.1. The monoisotopic (exact) mass is 1860 g/mol. The van der Waals surface area contributed by atoms with Gasteiger partial charge in [-0.2, -0.15) is 0 Å². The minimum atomic E-state index is -2.01. The number of ketones is 1. The van der Waals surface area contributed by atoms with Crippen molar-refractivity contribution in [1.29, 1.82) is 0 Å². The molecule has 0 aromatic carbocycles. The van der Waals surface area contributed by atoms with Crippen molar-refractivity contribution in [3.63, 3.8) is 0 Å². The van der Waals surface area contributed by atoms with Crippen LogP contribution in [0.1, 0.15) is 110 Å². The highest BCUT2D eigenvalue weighted by Crippen LogP contribution is 2.35. The van der Waals surface area contributed by atoms with Crippen LogP contribution in [-0.2, 0) is 105 Å². The van der Waals surface area contributed by atoms with Gasteiger partial charge in [0.15, 0.2) is 44.0 Å². The molecule has 8 heterocycles. The van der Waals surface area contributed by atoms with Crippen LogP contribution in [0.15, 0.2) is 0 Å². The van der Waals surface area contributed by atoms with Gasteiger partial charge in [0.25, 0.3) is 11.8 Å². The van der Waals surface area contributed by atoms with Crippen LogP contribution in [0.5, 0.6) is 0 Å². The van der Waals surface area contributed by atoms with E-state index in [0.717, 1.165) is 0 Å². The predicted molar refractivity (Wildman–Crippen MR) is 417 cm³/mol. The number of carbonyl (C=O) groups excluding carboxylic acids is 7. The average Bonchev–Trinajstić information content (AvgIpc) is 0.911. The normalized spacial score (nSPS) is 37.8. The standard InChI is InChI=1S/C77H132N6O45/c1-36-50(95)57(102)62(107)71(119-36)115-25-22-81(23-26-116-75-68(113)70(127-77-66(111)61(106)54(99)41(33-87)123-77)56(101)43(125-75)35-118-73-64(109)59(104)52(97)39(31-85)121-73)21-11-3-2-8-18-78-44(89)27-82(29-46(91)80-20-10-5-7-15-49(94)128-83-47(92)16-17-48(83)93)28-45(90)79-19-9-4-6-13-37(88)14-12-24-114-74-67(112)69(126-76-65(110)60(105)53(98)40(32-86)122-76)55(100)42(124-74)34-117-72-63(108)58(103)51(96)38(30-84)120-72/h36,38-43,50-77,84-87,95-113H,2-35H2,1H3,(H,78,89)(H,79,90)(H,80,91)/t36-,38+,39+,40+,41+,42+,43+,50+,51+,52+,53+,54+,55+,56+,57+,58-,59-,60-,61-,62-,63-,64-,65-,66-,67-,68-,69-,70-,71+,72-,73-,74+,75-,76+,77+/m0/s1. The summed E-state index contributed by atoms with van der Waals surface area (Å²) in [5.74, 6) is -3.87. The zero-order valence-electron chi connectivity index (χ0n) is 70.9. The van der Waals surface area contributed by atoms with Crippen molar-refractivity contribution in [2.24, 2.45) is 0 Å². The molecule has 0 radical (unpaired) electrons. The first-order valence-corrected chi connectivity index (χ1v) is 43.2. The Bertz CT molecular complexity index is 3300. The molecule has 26 N–H and O–H groups in total. The molecule has 128 heavy (non-hydrogen) atoms. The first kappa shape index (κ1) is 108. The highest BCUT2D eigenvalue weighted by atomic mass is 16.8. The van der Waals surface area contributed by atoms with Crippen molar-refractivity contribution in [1.82, 2.24) is 30.8 Å². The van der Waals surface area contributed by atoms with E-state index in [0.29, 0.717) is 75.8 Å². The number of hydrogen-bond acceptors (Lipinski definition) is 47. The number of carbonyl (C=O) groups is 7. The molecule has 8 aliphatic rings. The van der Waals surface area contributed by atoms with E-state index in [-0.39, 0.29) is 96.9 Å². The summed E-state index contributed by atoms with van der Waals surface area (Å²) in [7, 11) is 0. The number of aliphatic hydroxyl groups excluding tert-OH is 23. The van der Waals surface area contributed by atoms with Crippen molar-refractivity contribution in [3.05, 3.63) is 0 Å². The smallest absolute Gasteiger partial charge is 0.333 e. The topological polar surface area (TPSA) is 769 Å². The van der Waals surface area contributed by atoms with Gasteiger partial charge in [-0.15, -0.1) is 5.06 Å². The minimum Gasteiger partial charge on any atom is -0.394 e. The summed E-state index contributed by atoms with van der Waals surface area (Å²) >= 11 is 0. The molecule has 51 nitrogen and oxygen atoms in total. The zero-order valence-corrected chi connectivity index (χ0v) is 70.9. The van der Waals surface area contributed by atoms with Gasteiger partial charge in [-0.1, -0.05) is 25.7 Å². The van der Waals surface area contributed by atoms with Crippen molar-refractivity contribution < 1.29 is 222 Å². The molecule has 5 amide bonds. The third-order valence-electron chi connectivity index (χ3n) is 23.0. The number of nitrogens with one attached hydrogen (secondary N) is 3. The van der Waals surface area contributed by atoms with Crippen LogP contribution >= 0.6 is 0 Å². The summed E-state index contributed by atoms with van der Waals surface area (Å²) in [6, 6.07) is 0. The van der Waals surface area contributed by atoms with E-state index in [1.165, 1.54) is 11.8 Å². The van der Waals surface area contributed by atoms with Gasteiger partial charge >= 0.3 is 5.97 Å². The summed E-state index contributed by atoms with van der Waals surface area (Å²) < 4.78 is 79.6. The predicted octanol–water partition coefficient (Wildman–Crippen LogP) is -14.6. The number of nitrogens with zero attached hydrogens (tertiary/aromatic N) is 3. The SMILES string of the molecule is C[C@@H]1O[C@@H](OCCN(CCCCCCNC(=O)CN(CC(=O)NCCCCCC(=O)CCCO[C@@H]2O[C@H](CO[C@H]3O[C@H](CO)[C@@H](O)[C@H](O)[C@@H]3O)[C@@H](O)[C@H](O[C@H]3O[C@H](CO)[C@@H](O)[C@H](O)[C@@H]3O)[C@@H]2O)CC(=O)NCCCCCC(=O)ON2C(=O)CCC2=O)CCO[C@H]2O[C@H](CO[C@H]3O[C@H](CO)[C@@H](O)[C@H](O)[C@@H]3O)[C@@H](O)[C@H](O[C@H]3O[C@H](CO)[C@@H](O)[C@H](O)[C@@H]3O)[C@@H]2O)[C@@H](O)[C@H](O)[C@@H]1O. The second kappa shape index (κ2) is 54.0. The minimum absolute atomic E-state index is 0.0295. The van der Waals surface area contributed by atoms with Gasteiger partial charge in [0.2, 0.25) is 17.7 Å². The molecule has 0 aromatic heterocycles. The van der Waals surface area contributed by atoms with E-state index in [1.54, 1.807) is 0 Å². The van der Waals surface area contributed by atoms with Gasteiger partial charge in [-0.25, -0.2) is 4.79 Å². The Morgan fingerprint density at radius 2 is 0.664 bits per heavy atom. The molecule has 35 atom stereocenters. The Kier molecular flexibility index (Phi) is 45.8. The fourth-order valence-electron chi connectivity index (χ4n) is 15.3. The van der Waals surface area contributed by atoms with E-state index in [1.807, 2.05) is 4.90 Å². The zero-order chi connectivity index (χ0) is 93.8. The Labute approximate surface area is 734 Å². The van der Waals surface area contributed by atoms with E-state index < -0.39 is 310 Å². The molecular weight excluding hydrogens is 1730 g/mol. The number of amides is 5. The summed E-state index contributed by atoms with van der Waals surface area (Å²) in [5, 5.41) is 251. The summed E-state index contributed by atoms with van der Waals surface area (Å²) in [6.45, 7) is -4.27. The summed E-state index contributed by atoms with van der Waals surface area (Å²) in [6.07, 6.45) is -55.8. The first-order valence-electron chi connectivity index (χ1n) is 43.2. The van der Waals surface area contributed by atoms with Crippen molar-refractivity contribution in [2.75, 3.05) is 118 Å². The van der Waals surface area contributed by atoms with E-state index in [2.05, 4.69) is 16.0 Å². The molecule has 0 aliphatic carbocycles. The quantitative estimate of drug-likeness (QED) is 0.0199. The molecule has 8 saturated heterocycles. The second-order valence-corrected chi connectivity index (χ2v) is 32.8. The molecule has 51 heteroatoms.